The Kier molecular flexibility index (Phi) is 8.15. The molecule has 2 atom stereocenters. The molecule has 1 heterocycles. The molecule has 136 valence electrons. The van der Waals surface area contributed by atoms with E-state index in [4.69, 9.17) is 0 Å². The van der Waals surface area contributed by atoms with Gasteiger partial charge in [-0.3, -0.25) is 0 Å². The van der Waals surface area contributed by atoms with Gasteiger partial charge in [-0.1, -0.05) is 37.3 Å². The van der Waals surface area contributed by atoms with E-state index < -0.39 is 0 Å². The summed E-state index contributed by atoms with van der Waals surface area (Å²) in [5.41, 5.74) is 1.46. The molecule has 1 aliphatic carbocycles. The smallest absolute Gasteiger partial charge is 0.191 e. The molecule has 0 aliphatic heterocycles. The van der Waals surface area contributed by atoms with Gasteiger partial charge in [-0.2, -0.15) is 0 Å². The number of nitrogens with zero attached hydrogens (tertiary/aromatic N) is 2. The number of benzene rings is 1. The predicted molar refractivity (Wildman–Crippen MR) is 117 cm³/mol. The summed E-state index contributed by atoms with van der Waals surface area (Å²) >= 11 is 1.75. The average molecular weight is 470 g/mol. The second-order valence-corrected chi connectivity index (χ2v) is 7.36. The lowest BCUT2D eigenvalue weighted by Gasteiger charge is -2.10. The molecule has 2 unspecified atom stereocenters. The number of aryl methyl sites for hydroxylation is 1. The first-order valence-electron chi connectivity index (χ1n) is 8.80. The van der Waals surface area contributed by atoms with Gasteiger partial charge in [-0.05, 0) is 37.2 Å². The van der Waals surface area contributed by atoms with Crippen molar-refractivity contribution in [2.75, 3.05) is 13.1 Å². The number of rotatable bonds is 7. The first kappa shape index (κ1) is 20.2. The Hall–Kier alpha value is -1.15. The Balaban J connectivity index is 0.00000225. The Morgan fingerprint density at radius 2 is 2.04 bits per heavy atom. The lowest BCUT2D eigenvalue weighted by atomic mass is 10.1. The Bertz CT molecular complexity index is 671. The van der Waals surface area contributed by atoms with E-state index in [2.05, 4.69) is 64.8 Å². The molecule has 0 saturated heterocycles. The fourth-order valence-electron chi connectivity index (χ4n) is 2.88. The number of guanidine groups is 1. The highest BCUT2D eigenvalue weighted by Gasteiger charge is 2.37. The number of hydrogen-bond acceptors (Lipinski definition) is 3. The van der Waals surface area contributed by atoms with Crippen LogP contribution in [0, 0.1) is 5.92 Å². The lowest BCUT2D eigenvalue weighted by Crippen LogP contribution is -2.38. The summed E-state index contributed by atoms with van der Waals surface area (Å²) in [6.07, 6.45) is 4.27. The van der Waals surface area contributed by atoms with Crippen LogP contribution in [0.1, 0.15) is 41.6 Å². The molecule has 1 saturated carbocycles. The molecule has 1 fully saturated rings. The number of nitrogens with one attached hydrogen (secondary N) is 2. The highest BCUT2D eigenvalue weighted by atomic mass is 127. The van der Waals surface area contributed by atoms with E-state index >= 15 is 0 Å². The van der Waals surface area contributed by atoms with Crippen molar-refractivity contribution < 1.29 is 0 Å². The van der Waals surface area contributed by atoms with Crippen LogP contribution in [-0.4, -0.2) is 24.0 Å². The van der Waals surface area contributed by atoms with Gasteiger partial charge < -0.3 is 10.6 Å². The summed E-state index contributed by atoms with van der Waals surface area (Å²) in [5, 5.41) is 7.90. The average Bonchev–Trinajstić information content (AvgIpc) is 3.26. The second-order valence-electron chi connectivity index (χ2n) is 6.16. The maximum absolute atomic E-state index is 4.67. The van der Waals surface area contributed by atoms with Crippen LogP contribution in [-0.2, 0) is 13.0 Å². The third-order valence-corrected chi connectivity index (χ3v) is 5.47. The van der Waals surface area contributed by atoms with Gasteiger partial charge in [-0.25, -0.2) is 9.98 Å². The molecule has 25 heavy (non-hydrogen) atoms. The third kappa shape index (κ3) is 5.95. The number of hydrogen-bond donors (Lipinski definition) is 2. The van der Waals surface area contributed by atoms with Gasteiger partial charge in [0.15, 0.2) is 5.96 Å². The number of aromatic nitrogens is 1. The summed E-state index contributed by atoms with van der Waals surface area (Å²) < 4.78 is 0. The maximum Gasteiger partial charge on any atom is 0.191 e. The van der Waals surface area contributed by atoms with E-state index in [1.54, 1.807) is 11.3 Å². The number of halogens is 1. The van der Waals surface area contributed by atoms with Crippen LogP contribution in [0.25, 0.3) is 0 Å². The van der Waals surface area contributed by atoms with Gasteiger partial charge in [0, 0.05) is 24.2 Å². The molecule has 1 aromatic carbocycles. The van der Waals surface area contributed by atoms with Crippen molar-refractivity contribution in [2.24, 2.45) is 10.9 Å². The topological polar surface area (TPSA) is 49.3 Å². The van der Waals surface area contributed by atoms with Crippen molar-refractivity contribution in [3.63, 3.8) is 0 Å². The maximum atomic E-state index is 4.67. The minimum Gasteiger partial charge on any atom is -0.357 e. The summed E-state index contributed by atoms with van der Waals surface area (Å²) in [6.45, 7) is 6.75. The molecule has 6 heteroatoms. The molecule has 1 aliphatic rings. The Morgan fingerprint density at radius 1 is 1.24 bits per heavy atom. The first-order chi connectivity index (χ1) is 11.8. The largest absolute Gasteiger partial charge is 0.357 e. The van der Waals surface area contributed by atoms with Gasteiger partial charge in [0.2, 0.25) is 0 Å². The molecular formula is C19H27IN4S. The zero-order valence-corrected chi connectivity index (χ0v) is 18.0. The minimum atomic E-state index is 0. The van der Waals surface area contributed by atoms with Gasteiger partial charge >= 0.3 is 0 Å². The number of aliphatic imine (C=N–C) groups is 1. The summed E-state index contributed by atoms with van der Waals surface area (Å²) in [5.74, 6) is 2.31. The fraction of sp³-hybridized carbons (Fsp3) is 0.474. The first-order valence-corrected chi connectivity index (χ1v) is 9.62. The van der Waals surface area contributed by atoms with E-state index in [-0.39, 0.29) is 24.0 Å². The minimum absolute atomic E-state index is 0. The molecule has 0 bridgehead atoms. The second kappa shape index (κ2) is 10.1. The predicted octanol–water partition coefficient (Wildman–Crippen LogP) is 4.18. The van der Waals surface area contributed by atoms with E-state index in [0.29, 0.717) is 18.4 Å². The fourth-order valence-corrected chi connectivity index (χ4v) is 3.67. The van der Waals surface area contributed by atoms with Crippen molar-refractivity contribution in [1.82, 2.24) is 15.6 Å². The molecule has 3 rings (SSSR count). The Morgan fingerprint density at radius 3 is 2.72 bits per heavy atom. The molecule has 1 aromatic heterocycles. The van der Waals surface area contributed by atoms with Crippen LogP contribution in [0.4, 0.5) is 0 Å². The highest BCUT2D eigenvalue weighted by Crippen LogP contribution is 2.46. The van der Waals surface area contributed by atoms with E-state index in [1.165, 1.54) is 16.9 Å². The zero-order chi connectivity index (χ0) is 16.8. The normalized spacial score (nSPS) is 19.2. The van der Waals surface area contributed by atoms with Crippen molar-refractivity contribution in [1.29, 1.82) is 0 Å². The summed E-state index contributed by atoms with van der Waals surface area (Å²) in [6, 6.07) is 10.8. The molecular weight excluding hydrogens is 443 g/mol. The van der Waals surface area contributed by atoms with Crippen molar-refractivity contribution >= 4 is 41.3 Å². The van der Waals surface area contributed by atoms with Crippen LogP contribution < -0.4 is 10.6 Å². The summed E-state index contributed by atoms with van der Waals surface area (Å²) in [4.78, 5) is 10.4. The van der Waals surface area contributed by atoms with Crippen LogP contribution in [0.15, 0.2) is 41.5 Å². The molecule has 0 amide bonds. The standard InChI is InChI=1S/C19H26N4S.HI/c1-3-16-12-21-18(24-16)13-23-19(20-4-2)22-11-15-10-17(15)14-8-6-5-7-9-14;/h5-9,12,15,17H,3-4,10-11,13H2,1-2H3,(H2,20,22,23);1H. The van der Waals surface area contributed by atoms with Gasteiger partial charge in [0.25, 0.3) is 0 Å². The van der Waals surface area contributed by atoms with Crippen molar-refractivity contribution in [3.05, 3.63) is 52.0 Å². The van der Waals surface area contributed by atoms with Crippen LogP contribution in [0.3, 0.4) is 0 Å². The molecule has 0 radical (unpaired) electrons. The van der Waals surface area contributed by atoms with Gasteiger partial charge in [-0.15, -0.1) is 35.3 Å². The zero-order valence-electron chi connectivity index (χ0n) is 14.9. The third-order valence-electron chi connectivity index (χ3n) is 4.35. The lowest BCUT2D eigenvalue weighted by molar-refractivity contribution is 0.720. The Labute approximate surface area is 171 Å². The van der Waals surface area contributed by atoms with Crippen molar-refractivity contribution in [2.45, 2.75) is 39.2 Å². The van der Waals surface area contributed by atoms with Crippen molar-refractivity contribution in [3.8, 4) is 0 Å². The highest BCUT2D eigenvalue weighted by molar-refractivity contribution is 14.0. The molecule has 0 spiro atoms. The van der Waals surface area contributed by atoms with Crippen LogP contribution in [0.5, 0.6) is 0 Å². The SMILES string of the molecule is CCNC(=NCc1ncc(CC)s1)NCC1CC1c1ccccc1.I. The molecule has 2 N–H and O–H groups in total. The van der Waals surface area contributed by atoms with Crippen LogP contribution in [0.2, 0.25) is 0 Å². The molecule has 2 aromatic rings. The van der Waals surface area contributed by atoms with E-state index in [0.717, 1.165) is 30.5 Å². The van der Waals surface area contributed by atoms with Gasteiger partial charge in [0.05, 0.1) is 6.54 Å². The monoisotopic (exact) mass is 470 g/mol. The van der Waals surface area contributed by atoms with Crippen LogP contribution >= 0.6 is 35.3 Å². The quantitative estimate of drug-likeness (QED) is 0.363. The number of thiazole rings is 1. The summed E-state index contributed by atoms with van der Waals surface area (Å²) in [7, 11) is 0. The van der Waals surface area contributed by atoms with E-state index in [9.17, 15) is 0 Å². The van der Waals surface area contributed by atoms with E-state index in [1.807, 2.05) is 6.20 Å². The van der Waals surface area contributed by atoms with Gasteiger partial charge in [0.1, 0.15) is 5.01 Å². The molecule has 4 nitrogen and oxygen atoms in total.